The first-order valence-corrected chi connectivity index (χ1v) is 6.83. The summed E-state index contributed by atoms with van der Waals surface area (Å²) in [4.78, 5) is 4.33. The van der Waals surface area contributed by atoms with E-state index >= 15 is 0 Å². The minimum Gasteiger partial charge on any atom is -0.396 e. The van der Waals surface area contributed by atoms with E-state index < -0.39 is 0 Å². The second kappa shape index (κ2) is 5.81. The third kappa shape index (κ3) is 2.80. The summed E-state index contributed by atoms with van der Waals surface area (Å²) in [6.45, 7) is 0.695. The van der Waals surface area contributed by atoms with E-state index in [1.165, 1.54) is 0 Å². The minimum atomic E-state index is 0.0498. The molecule has 0 bridgehead atoms. The predicted octanol–water partition coefficient (Wildman–Crippen LogP) is 2.92. The molecule has 3 aromatic rings. The van der Waals surface area contributed by atoms with Crippen molar-refractivity contribution in [3.63, 3.8) is 0 Å². The van der Waals surface area contributed by atoms with Crippen molar-refractivity contribution in [3.05, 3.63) is 65.9 Å². The van der Waals surface area contributed by atoms with Crippen LogP contribution in [-0.2, 0) is 13.2 Å². The lowest BCUT2D eigenvalue weighted by Gasteiger charge is -2.12. The zero-order chi connectivity index (χ0) is 14.7. The van der Waals surface area contributed by atoms with Crippen LogP contribution in [0, 0.1) is 0 Å². The lowest BCUT2D eigenvalue weighted by atomic mass is 10.1. The maximum Gasteiger partial charge on any atom is 0.0743 e. The van der Waals surface area contributed by atoms with Crippen molar-refractivity contribution in [2.24, 2.45) is 0 Å². The molecule has 0 aliphatic carbocycles. The van der Waals surface area contributed by atoms with Gasteiger partial charge in [0, 0.05) is 11.9 Å². The number of hydrogen-bond donors (Lipinski definition) is 3. The molecule has 4 heteroatoms. The van der Waals surface area contributed by atoms with Crippen LogP contribution in [0.25, 0.3) is 10.9 Å². The molecular weight excluding hydrogens is 262 g/mol. The molecule has 0 aliphatic heterocycles. The number of pyridine rings is 1. The van der Waals surface area contributed by atoms with Crippen molar-refractivity contribution in [1.82, 2.24) is 4.98 Å². The molecule has 0 unspecified atom stereocenters. The van der Waals surface area contributed by atoms with Crippen LogP contribution in [0.15, 0.2) is 54.7 Å². The fourth-order valence-electron chi connectivity index (χ4n) is 2.38. The van der Waals surface area contributed by atoms with E-state index in [9.17, 15) is 5.11 Å². The van der Waals surface area contributed by atoms with Gasteiger partial charge in [-0.1, -0.05) is 42.5 Å². The minimum absolute atomic E-state index is 0.0498. The van der Waals surface area contributed by atoms with Crippen LogP contribution in [0.4, 0.5) is 11.4 Å². The van der Waals surface area contributed by atoms with Crippen LogP contribution in [0.1, 0.15) is 11.1 Å². The average Bonchev–Trinajstić information content (AvgIpc) is 2.54. The first-order chi connectivity index (χ1) is 10.3. The van der Waals surface area contributed by atoms with Gasteiger partial charge >= 0.3 is 0 Å². The Morgan fingerprint density at radius 2 is 1.86 bits per heavy atom. The molecule has 0 radical (unpaired) electrons. The number of nitrogens with zero attached hydrogens (tertiary/aromatic N) is 1. The summed E-state index contributed by atoms with van der Waals surface area (Å²) >= 11 is 0. The molecule has 1 heterocycles. The summed E-state index contributed by atoms with van der Waals surface area (Å²) in [6, 6.07) is 15.7. The van der Waals surface area contributed by atoms with Gasteiger partial charge in [-0.25, -0.2) is 0 Å². The first-order valence-electron chi connectivity index (χ1n) is 6.83. The van der Waals surface area contributed by atoms with Crippen LogP contribution in [0.5, 0.6) is 0 Å². The van der Waals surface area contributed by atoms with Crippen molar-refractivity contribution in [1.29, 1.82) is 0 Å². The molecule has 0 saturated carbocycles. The Hall–Kier alpha value is -2.59. The summed E-state index contributed by atoms with van der Waals surface area (Å²) in [6.07, 6.45) is 1.68. The van der Waals surface area contributed by atoms with E-state index in [2.05, 4.69) is 10.3 Å². The molecule has 106 valence electrons. The molecule has 0 fully saturated rings. The van der Waals surface area contributed by atoms with Crippen molar-refractivity contribution in [2.45, 2.75) is 13.2 Å². The third-order valence-electron chi connectivity index (χ3n) is 3.45. The Kier molecular flexibility index (Phi) is 3.71. The molecule has 0 atom stereocenters. The fraction of sp³-hybridized carbons (Fsp3) is 0.118. The Morgan fingerprint density at radius 3 is 2.71 bits per heavy atom. The Bertz CT molecular complexity index is 771. The number of rotatable bonds is 4. The van der Waals surface area contributed by atoms with E-state index in [1.54, 1.807) is 6.20 Å². The van der Waals surface area contributed by atoms with Gasteiger partial charge in [0.05, 0.1) is 29.7 Å². The number of nitrogens with two attached hydrogens (primary N) is 1. The van der Waals surface area contributed by atoms with Gasteiger partial charge < -0.3 is 16.2 Å². The van der Waals surface area contributed by atoms with Crippen LogP contribution in [-0.4, -0.2) is 10.1 Å². The summed E-state index contributed by atoms with van der Waals surface area (Å²) in [5.41, 5.74) is 10.5. The second-order valence-electron chi connectivity index (χ2n) is 4.94. The van der Waals surface area contributed by atoms with Crippen molar-refractivity contribution in [3.8, 4) is 0 Å². The second-order valence-corrected chi connectivity index (χ2v) is 4.94. The molecule has 0 amide bonds. The molecule has 1 aromatic heterocycles. The molecule has 0 spiro atoms. The highest BCUT2D eigenvalue weighted by Gasteiger charge is 2.06. The fourth-order valence-corrected chi connectivity index (χ4v) is 2.38. The van der Waals surface area contributed by atoms with Crippen LogP contribution in [0.2, 0.25) is 0 Å². The predicted molar refractivity (Wildman–Crippen MR) is 85.8 cm³/mol. The van der Waals surface area contributed by atoms with Gasteiger partial charge in [0.2, 0.25) is 0 Å². The smallest absolute Gasteiger partial charge is 0.0743 e. The Morgan fingerprint density at radius 1 is 1.05 bits per heavy atom. The Labute approximate surface area is 123 Å². The van der Waals surface area contributed by atoms with Gasteiger partial charge in [0.15, 0.2) is 0 Å². The van der Waals surface area contributed by atoms with E-state index in [0.717, 1.165) is 27.7 Å². The van der Waals surface area contributed by atoms with Gasteiger partial charge in [0.1, 0.15) is 0 Å². The number of aliphatic hydroxyl groups is 1. The highest BCUT2D eigenvalue weighted by Crippen LogP contribution is 2.28. The summed E-state index contributed by atoms with van der Waals surface area (Å²) in [7, 11) is 0. The largest absolute Gasteiger partial charge is 0.396 e. The maximum atomic E-state index is 9.18. The number of para-hydroxylation sites is 1. The van der Waals surface area contributed by atoms with E-state index in [1.807, 2.05) is 48.5 Å². The number of anilines is 2. The van der Waals surface area contributed by atoms with Gasteiger partial charge in [-0.3, -0.25) is 4.98 Å². The maximum absolute atomic E-state index is 9.18. The third-order valence-corrected chi connectivity index (χ3v) is 3.45. The standard InChI is InChI=1S/C17H17N3O/c18-15-10-19-16-7-2-1-6-14(16)17(15)20-9-12-4-3-5-13(8-12)11-21/h1-8,10,21H,9,11,18H2,(H,19,20). The van der Waals surface area contributed by atoms with Crippen LogP contribution in [0.3, 0.4) is 0 Å². The zero-order valence-electron chi connectivity index (χ0n) is 11.6. The molecule has 0 saturated heterocycles. The van der Waals surface area contributed by atoms with Crippen molar-refractivity contribution >= 4 is 22.3 Å². The van der Waals surface area contributed by atoms with E-state index in [-0.39, 0.29) is 6.61 Å². The lowest BCUT2D eigenvalue weighted by Crippen LogP contribution is -2.04. The zero-order valence-corrected chi connectivity index (χ0v) is 11.6. The number of benzene rings is 2. The average molecular weight is 279 g/mol. The van der Waals surface area contributed by atoms with Gasteiger partial charge in [-0.15, -0.1) is 0 Å². The summed E-state index contributed by atoms with van der Waals surface area (Å²) < 4.78 is 0. The molecule has 4 N–H and O–H groups in total. The van der Waals surface area contributed by atoms with Crippen molar-refractivity contribution in [2.75, 3.05) is 11.1 Å². The monoisotopic (exact) mass is 279 g/mol. The van der Waals surface area contributed by atoms with Crippen LogP contribution < -0.4 is 11.1 Å². The van der Waals surface area contributed by atoms with E-state index in [4.69, 9.17) is 5.73 Å². The lowest BCUT2D eigenvalue weighted by molar-refractivity contribution is 0.281. The topological polar surface area (TPSA) is 71.2 Å². The van der Waals surface area contributed by atoms with Gasteiger partial charge in [-0.05, 0) is 17.2 Å². The number of nitrogen functional groups attached to an aromatic ring is 1. The normalized spacial score (nSPS) is 10.7. The Balaban J connectivity index is 1.89. The first kappa shape index (κ1) is 13.4. The van der Waals surface area contributed by atoms with Crippen LogP contribution >= 0.6 is 0 Å². The van der Waals surface area contributed by atoms with Gasteiger partial charge in [0.25, 0.3) is 0 Å². The molecule has 21 heavy (non-hydrogen) atoms. The summed E-state index contributed by atoms with van der Waals surface area (Å²) in [5, 5.41) is 13.6. The van der Waals surface area contributed by atoms with Crippen molar-refractivity contribution < 1.29 is 5.11 Å². The highest BCUT2D eigenvalue weighted by atomic mass is 16.3. The van der Waals surface area contributed by atoms with Gasteiger partial charge in [-0.2, -0.15) is 0 Å². The number of hydrogen-bond acceptors (Lipinski definition) is 4. The SMILES string of the molecule is Nc1cnc2ccccc2c1NCc1cccc(CO)c1. The molecule has 4 nitrogen and oxygen atoms in total. The molecular formula is C17H17N3O. The van der Waals surface area contributed by atoms with E-state index in [0.29, 0.717) is 12.2 Å². The highest BCUT2D eigenvalue weighted by molar-refractivity contribution is 5.96. The molecule has 0 aliphatic rings. The number of aliphatic hydroxyl groups excluding tert-OH is 1. The number of aromatic nitrogens is 1. The molecule has 3 rings (SSSR count). The quantitative estimate of drug-likeness (QED) is 0.686. The molecule has 2 aromatic carbocycles. The number of nitrogens with one attached hydrogen (secondary N) is 1. The summed E-state index contributed by atoms with van der Waals surface area (Å²) in [5.74, 6) is 0. The number of fused-ring (bicyclic) bond motifs is 1.